The van der Waals surface area contributed by atoms with Gasteiger partial charge in [-0.1, -0.05) is 32.1 Å². The van der Waals surface area contributed by atoms with Gasteiger partial charge in [-0.2, -0.15) is 0 Å². The number of hydrogen-bond acceptors (Lipinski definition) is 2. The van der Waals surface area contributed by atoms with Crippen molar-refractivity contribution < 1.29 is 0 Å². The van der Waals surface area contributed by atoms with E-state index in [0.717, 1.165) is 0 Å². The average Bonchev–Trinajstić information content (AvgIpc) is 2.66. The number of likely N-dealkylation sites (tertiary alicyclic amines) is 1. The number of rotatable bonds is 4. The summed E-state index contributed by atoms with van der Waals surface area (Å²) in [4.78, 5) is 2.78. The molecule has 1 aliphatic carbocycles. The van der Waals surface area contributed by atoms with E-state index in [4.69, 9.17) is 0 Å². The summed E-state index contributed by atoms with van der Waals surface area (Å²) in [6.07, 6.45) is 13.0. The van der Waals surface area contributed by atoms with Crippen molar-refractivity contribution in [2.45, 2.75) is 84.1 Å². The van der Waals surface area contributed by atoms with Crippen LogP contribution in [0.2, 0.25) is 0 Å². The third kappa shape index (κ3) is 5.37. The molecule has 1 N–H and O–H groups in total. The van der Waals surface area contributed by atoms with Crippen molar-refractivity contribution in [3.05, 3.63) is 0 Å². The summed E-state index contributed by atoms with van der Waals surface area (Å²) in [5.74, 6) is 0. The van der Waals surface area contributed by atoms with Gasteiger partial charge in [0.2, 0.25) is 0 Å². The summed E-state index contributed by atoms with van der Waals surface area (Å²) >= 11 is 0. The van der Waals surface area contributed by atoms with Gasteiger partial charge in [-0.15, -0.1) is 0 Å². The quantitative estimate of drug-likeness (QED) is 0.830. The molecule has 0 unspecified atom stereocenters. The van der Waals surface area contributed by atoms with Crippen LogP contribution in [0.4, 0.5) is 0 Å². The first-order valence-electron chi connectivity index (χ1n) is 8.97. The highest BCUT2D eigenvalue weighted by atomic mass is 15.1. The lowest BCUT2D eigenvalue weighted by Gasteiger charge is -2.43. The lowest BCUT2D eigenvalue weighted by molar-refractivity contribution is 0.0967. The molecule has 0 aromatic carbocycles. The van der Waals surface area contributed by atoms with Crippen LogP contribution in [-0.4, -0.2) is 36.6 Å². The van der Waals surface area contributed by atoms with Gasteiger partial charge in [0.15, 0.2) is 0 Å². The maximum absolute atomic E-state index is 3.81. The minimum Gasteiger partial charge on any atom is -0.311 e. The first-order valence-corrected chi connectivity index (χ1v) is 8.97. The summed E-state index contributed by atoms with van der Waals surface area (Å²) in [5, 5.41) is 3.81. The van der Waals surface area contributed by atoms with Gasteiger partial charge < -0.3 is 10.2 Å². The number of hydrogen-bond donors (Lipinski definition) is 1. The van der Waals surface area contributed by atoms with Crippen molar-refractivity contribution in [3.8, 4) is 0 Å². The Kier molecular flexibility index (Phi) is 5.92. The zero-order valence-corrected chi connectivity index (χ0v) is 14.1. The van der Waals surface area contributed by atoms with Crippen LogP contribution >= 0.6 is 0 Å². The second-order valence-corrected chi connectivity index (χ2v) is 8.35. The van der Waals surface area contributed by atoms with E-state index in [-0.39, 0.29) is 5.54 Å². The van der Waals surface area contributed by atoms with Gasteiger partial charge >= 0.3 is 0 Å². The molecule has 0 amide bonds. The summed E-state index contributed by atoms with van der Waals surface area (Å²) in [6, 6.07) is 0. The predicted molar refractivity (Wildman–Crippen MR) is 88.2 cm³/mol. The Hall–Kier alpha value is -0.0800. The third-order valence-corrected chi connectivity index (χ3v) is 5.17. The van der Waals surface area contributed by atoms with Crippen molar-refractivity contribution in [2.24, 2.45) is 5.41 Å². The van der Waals surface area contributed by atoms with Crippen LogP contribution in [0.3, 0.4) is 0 Å². The van der Waals surface area contributed by atoms with Crippen molar-refractivity contribution in [1.29, 1.82) is 0 Å². The maximum atomic E-state index is 3.81. The lowest BCUT2D eigenvalue weighted by atomic mass is 9.73. The minimum atomic E-state index is 0.253. The Morgan fingerprint density at radius 1 is 0.850 bits per heavy atom. The molecular weight excluding hydrogens is 244 g/mol. The van der Waals surface area contributed by atoms with Crippen LogP contribution in [0.5, 0.6) is 0 Å². The zero-order chi connectivity index (χ0) is 14.5. The summed E-state index contributed by atoms with van der Waals surface area (Å²) in [5.41, 5.74) is 0.805. The molecule has 2 rings (SSSR count). The van der Waals surface area contributed by atoms with Crippen molar-refractivity contribution in [1.82, 2.24) is 10.2 Å². The fraction of sp³-hybridized carbons (Fsp3) is 1.00. The Bertz CT molecular complexity index is 266. The van der Waals surface area contributed by atoms with E-state index in [1.165, 1.54) is 84.0 Å². The van der Waals surface area contributed by atoms with Crippen LogP contribution in [0.15, 0.2) is 0 Å². The second kappa shape index (κ2) is 7.26. The molecule has 0 bridgehead atoms. The van der Waals surface area contributed by atoms with Crippen LogP contribution < -0.4 is 5.32 Å². The SMILES string of the molecule is CC(C)(C)NCC1(CN2CCCCCC2)CCCCC1. The predicted octanol–water partition coefficient (Wildman–Crippen LogP) is 4.20. The molecule has 0 radical (unpaired) electrons. The lowest BCUT2D eigenvalue weighted by Crippen LogP contribution is -2.49. The Labute approximate surface area is 126 Å². The molecular formula is C18H36N2. The largest absolute Gasteiger partial charge is 0.311 e. The second-order valence-electron chi connectivity index (χ2n) is 8.35. The monoisotopic (exact) mass is 280 g/mol. The molecule has 2 nitrogen and oxygen atoms in total. The fourth-order valence-electron chi connectivity index (χ4n) is 3.91. The van der Waals surface area contributed by atoms with Crippen LogP contribution in [0.25, 0.3) is 0 Å². The molecule has 0 aromatic rings. The number of nitrogens with one attached hydrogen (secondary N) is 1. The summed E-state index contributed by atoms with van der Waals surface area (Å²) in [6.45, 7) is 12.2. The zero-order valence-electron chi connectivity index (χ0n) is 14.1. The molecule has 2 fully saturated rings. The highest BCUT2D eigenvalue weighted by molar-refractivity contribution is 4.90. The normalized spacial score (nSPS) is 25.4. The van der Waals surface area contributed by atoms with E-state index >= 15 is 0 Å². The smallest absolute Gasteiger partial charge is 0.00967 e. The highest BCUT2D eigenvalue weighted by Gasteiger charge is 2.34. The number of nitrogens with zero attached hydrogens (tertiary/aromatic N) is 1. The van der Waals surface area contributed by atoms with Gasteiger partial charge in [0.25, 0.3) is 0 Å². The molecule has 1 saturated carbocycles. The Morgan fingerprint density at radius 2 is 1.40 bits per heavy atom. The van der Waals surface area contributed by atoms with Gasteiger partial charge in [0.1, 0.15) is 0 Å². The first kappa shape index (κ1) is 16.3. The first-order chi connectivity index (χ1) is 9.49. The van der Waals surface area contributed by atoms with E-state index in [1.807, 2.05) is 0 Å². The molecule has 118 valence electrons. The van der Waals surface area contributed by atoms with Crippen molar-refractivity contribution >= 4 is 0 Å². The van der Waals surface area contributed by atoms with Crippen molar-refractivity contribution in [3.63, 3.8) is 0 Å². The van der Waals surface area contributed by atoms with Crippen LogP contribution in [-0.2, 0) is 0 Å². The van der Waals surface area contributed by atoms with Gasteiger partial charge in [-0.05, 0) is 65.0 Å². The van der Waals surface area contributed by atoms with Gasteiger partial charge in [0, 0.05) is 18.6 Å². The maximum Gasteiger partial charge on any atom is 0.00967 e. The minimum absolute atomic E-state index is 0.253. The molecule has 0 spiro atoms. The molecule has 1 saturated heterocycles. The highest BCUT2D eigenvalue weighted by Crippen LogP contribution is 2.37. The van der Waals surface area contributed by atoms with Crippen LogP contribution in [0.1, 0.15) is 78.6 Å². The van der Waals surface area contributed by atoms with Crippen LogP contribution in [0, 0.1) is 5.41 Å². The van der Waals surface area contributed by atoms with Gasteiger partial charge in [-0.3, -0.25) is 0 Å². The molecule has 2 heteroatoms. The van der Waals surface area contributed by atoms with E-state index in [9.17, 15) is 0 Å². The Balaban J connectivity index is 1.94. The third-order valence-electron chi connectivity index (χ3n) is 5.17. The summed E-state index contributed by atoms with van der Waals surface area (Å²) in [7, 11) is 0. The van der Waals surface area contributed by atoms with Gasteiger partial charge in [0.05, 0.1) is 0 Å². The van der Waals surface area contributed by atoms with Crippen molar-refractivity contribution in [2.75, 3.05) is 26.2 Å². The molecule has 1 aliphatic heterocycles. The van der Waals surface area contributed by atoms with E-state index in [0.29, 0.717) is 5.41 Å². The standard InChI is InChI=1S/C18H36N2/c1-17(2,3)19-15-18(11-7-6-8-12-18)16-20-13-9-4-5-10-14-20/h19H,4-16H2,1-3H3. The van der Waals surface area contributed by atoms with Gasteiger partial charge in [-0.25, -0.2) is 0 Å². The van der Waals surface area contributed by atoms with E-state index < -0.39 is 0 Å². The topological polar surface area (TPSA) is 15.3 Å². The molecule has 0 aromatic heterocycles. The summed E-state index contributed by atoms with van der Waals surface area (Å²) < 4.78 is 0. The fourth-order valence-corrected chi connectivity index (χ4v) is 3.91. The van der Waals surface area contributed by atoms with E-state index in [2.05, 4.69) is 31.0 Å². The molecule has 0 atom stereocenters. The Morgan fingerprint density at radius 3 is 1.95 bits per heavy atom. The average molecular weight is 280 g/mol. The molecule has 2 aliphatic rings. The van der Waals surface area contributed by atoms with E-state index in [1.54, 1.807) is 0 Å². The molecule has 1 heterocycles. The molecule has 20 heavy (non-hydrogen) atoms.